The van der Waals surface area contributed by atoms with Gasteiger partial charge in [-0.15, -0.1) is 0 Å². The van der Waals surface area contributed by atoms with E-state index in [9.17, 15) is 31.9 Å². The Morgan fingerprint density at radius 1 is 1.12 bits per heavy atom. The van der Waals surface area contributed by atoms with Gasteiger partial charge in [0.2, 0.25) is 0 Å². The fourth-order valence-electron chi connectivity index (χ4n) is 3.95. The molecule has 3 heterocycles. The number of carbonyl (C=O) groups is 1. The van der Waals surface area contributed by atoms with E-state index in [0.29, 0.717) is 39.1 Å². The Kier molecular flexibility index (Phi) is 6.33. The number of benzene rings is 1. The Balaban J connectivity index is 1.63. The van der Waals surface area contributed by atoms with E-state index in [1.807, 2.05) is 0 Å². The number of urea groups is 1. The van der Waals surface area contributed by atoms with Gasteiger partial charge in [0.1, 0.15) is 11.5 Å². The molecule has 2 fully saturated rings. The van der Waals surface area contributed by atoms with Crippen molar-refractivity contribution in [3.63, 3.8) is 0 Å². The van der Waals surface area contributed by atoms with Gasteiger partial charge in [0.15, 0.2) is 5.79 Å². The van der Waals surface area contributed by atoms with Crippen LogP contribution in [0.3, 0.4) is 0 Å². The summed E-state index contributed by atoms with van der Waals surface area (Å²) in [5.74, 6) is -1.75. The topological polar surface area (TPSA) is 94.8 Å². The minimum atomic E-state index is -4.95. The number of aromatic nitrogens is 2. The number of alkyl halides is 3. The maximum Gasteiger partial charge on any atom is 0.431 e. The predicted molar refractivity (Wildman–Crippen MR) is 114 cm³/mol. The van der Waals surface area contributed by atoms with Crippen molar-refractivity contribution in [1.29, 1.82) is 0 Å². The van der Waals surface area contributed by atoms with Crippen molar-refractivity contribution in [1.82, 2.24) is 14.0 Å². The van der Waals surface area contributed by atoms with Crippen molar-refractivity contribution in [2.24, 2.45) is 7.05 Å². The molecule has 2 saturated heterocycles. The summed E-state index contributed by atoms with van der Waals surface area (Å²) in [5.41, 5.74) is -4.82. The zero-order valence-corrected chi connectivity index (χ0v) is 19.3. The molecule has 1 spiro atoms. The SMILES string of the molecule is Cn1c(C(F)(F)F)cc(=O)n(-c2cc(NC(=O)N3CCC4(CC3)OCCO4)c(Br)cc2F)c1=O. The van der Waals surface area contributed by atoms with Gasteiger partial charge in [0, 0.05) is 43.5 Å². The summed E-state index contributed by atoms with van der Waals surface area (Å²) in [5, 5.41) is 2.57. The first kappa shape index (κ1) is 24.4. The van der Waals surface area contributed by atoms with Crippen LogP contribution in [-0.4, -0.2) is 52.2 Å². The molecule has 34 heavy (non-hydrogen) atoms. The fraction of sp³-hybridized carbons (Fsp3) is 0.450. The predicted octanol–water partition coefficient (Wildman–Crippen LogP) is 2.83. The van der Waals surface area contributed by atoms with Crippen molar-refractivity contribution in [2.45, 2.75) is 24.8 Å². The molecule has 184 valence electrons. The van der Waals surface area contributed by atoms with Crippen LogP contribution in [0.4, 0.5) is 28.0 Å². The van der Waals surface area contributed by atoms with Crippen LogP contribution in [0.2, 0.25) is 0 Å². The van der Waals surface area contributed by atoms with Gasteiger partial charge in [-0.2, -0.15) is 13.2 Å². The maximum absolute atomic E-state index is 14.7. The van der Waals surface area contributed by atoms with Gasteiger partial charge in [-0.1, -0.05) is 0 Å². The Morgan fingerprint density at radius 2 is 1.74 bits per heavy atom. The highest BCUT2D eigenvalue weighted by Gasteiger charge is 2.41. The van der Waals surface area contributed by atoms with Crippen LogP contribution < -0.4 is 16.6 Å². The Bertz CT molecular complexity index is 1240. The summed E-state index contributed by atoms with van der Waals surface area (Å²) in [4.78, 5) is 39.1. The van der Waals surface area contributed by atoms with Gasteiger partial charge in [-0.25, -0.2) is 18.5 Å². The van der Waals surface area contributed by atoms with Crippen LogP contribution in [0.15, 0.2) is 32.3 Å². The third-order valence-corrected chi connectivity index (χ3v) is 6.41. The molecule has 0 aliphatic carbocycles. The van der Waals surface area contributed by atoms with Gasteiger partial charge >= 0.3 is 17.9 Å². The summed E-state index contributed by atoms with van der Waals surface area (Å²) >= 11 is 3.11. The summed E-state index contributed by atoms with van der Waals surface area (Å²) in [6.45, 7) is 1.63. The smallest absolute Gasteiger partial charge is 0.347 e. The molecule has 2 aliphatic rings. The Hall–Kier alpha value is -2.71. The number of nitrogens with one attached hydrogen (secondary N) is 1. The number of amides is 2. The lowest BCUT2D eigenvalue weighted by Crippen LogP contribution is -2.48. The summed E-state index contributed by atoms with van der Waals surface area (Å²) in [7, 11) is 0.821. The lowest BCUT2D eigenvalue weighted by Gasteiger charge is -2.37. The number of anilines is 1. The molecule has 2 aliphatic heterocycles. The van der Waals surface area contributed by atoms with Crippen LogP contribution in [0, 0.1) is 5.82 Å². The molecule has 0 saturated carbocycles. The number of hydrogen-bond acceptors (Lipinski definition) is 5. The average molecular weight is 551 g/mol. The fourth-order valence-corrected chi connectivity index (χ4v) is 4.37. The molecular formula is C20H19BrF4N4O5. The largest absolute Gasteiger partial charge is 0.431 e. The van der Waals surface area contributed by atoms with Crippen molar-refractivity contribution in [3.8, 4) is 5.69 Å². The lowest BCUT2D eigenvalue weighted by atomic mass is 10.0. The summed E-state index contributed by atoms with van der Waals surface area (Å²) in [6, 6.07) is 1.58. The first-order valence-electron chi connectivity index (χ1n) is 10.2. The normalized spacial score (nSPS) is 17.9. The Morgan fingerprint density at radius 3 is 2.32 bits per heavy atom. The van der Waals surface area contributed by atoms with Crippen molar-refractivity contribution in [2.75, 3.05) is 31.6 Å². The molecule has 9 nitrogen and oxygen atoms in total. The summed E-state index contributed by atoms with van der Waals surface area (Å²) < 4.78 is 65.8. The molecule has 2 amide bonds. The van der Waals surface area contributed by atoms with E-state index in [-0.39, 0.29) is 25.4 Å². The highest BCUT2D eigenvalue weighted by atomic mass is 79.9. The average Bonchev–Trinajstić information content (AvgIpc) is 3.21. The van der Waals surface area contributed by atoms with E-state index in [1.165, 1.54) is 4.90 Å². The molecule has 1 aromatic heterocycles. The van der Waals surface area contributed by atoms with Gasteiger partial charge in [-0.05, 0) is 28.1 Å². The van der Waals surface area contributed by atoms with Crippen molar-refractivity contribution >= 4 is 27.6 Å². The molecule has 2 aromatic rings. The van der Waals surface area contributed by atoms with E-state index in [4.69, 9.17) is 9.47 Å². The molecule has 0 atom stereocenters. The number of piperidine rings is 1. The molecule has 14 heteroatoms. The van der Waals surface area contributed by atoms with Crippen molar-refractivity contribution in [3.05, 3.63) is 55.0 Å². The molecule has 0 unspecified atom stereocenters. The van der Waals surface area contributed by atoms with Gasteiger partial charge in [0.05, 0.1) is 24.6 Å². The second-order valence-electron chi connectivity index (χ2n) is 7.85. The van der Waals surface area contributed by atoms with Crippen LogP contribution in [-0.2, 0) is 22.7 Å². The number of likely N-dealkylation sites (tertiary alicyclic amines) is 1. The van der Waals surface area contributed by atoms with Crippen LogP contribution in [0.5, 0.6) is 0 Å². The molecule has 1 aromatic carbocycles. The number of nitrogens with zero attached hydrogens (tertiary/aromatic N) is 3. The Labute approximate surface area is 198 Å². The third kappa shape index (κ3) is 4.49. The van der Waals surface area contributed by atoms with Crippen LogP contribution >= 0.6 is 15.9 Å². The van der Waals surface area contributed by atoms with E-state index in [1.54, 1.807) is 0 Å². The lowest BCUT2D eigenvalue weighted by molar-refractivity contribution is -0.181. The first-order valence-corrected chi connectivity index (χ1v) is 10.9. The molecule has 0 radical (unpaired) electrons. The third-order valence-electron chi connectivity index (χ3n) is 5.76. The number of halogens is 5. The molecule has 0 bridgehead atoms. The van der Waals surface area contributed by atoms with Gasteiger partial charge < -0.3 is 19.7 Å². The van der Waals surface area contributed by atoms with E-state index >= 15 is 0 Å². The zero-order valence-electron chi connectivity index (χ0n) is 17.7. The van der Waals surface area contributed by atoms with E-state index in [0.717, 1.165) is 19.2 Å². The number of carbonyl (C=O) groups excluding carboxylic acids is 1. The van der Waals surface area contributed by atoms with Crippen LogP contribution in [0.1, 0.15) is 18.5 Å². The highest BCUT2D eigenvalue weighted by molar-refractivity contribution is 9.10. The van der Waals surface area contributed by atoms with Crippen molar-refractivity contribution < 1.29 is 31.8 Å². The van der Waals surface area contributed by atoms with Gasteiger partial charge in [-0.3, -0.25) is 9.36 Å². The first-order chi connectivity index (χ1) is 15.9. The molecule has 1 N–H and O–H groups in total. The van der Waals surface area contributed by atoms with Crippen LogP contribution in [0.25, 0.3) is 5.69 Å². The minimum Gasteiger partial charge on any atom is -0.347 e. The quantitative estimate of drug-likeness (QED) is 0.580. The number of hydrogen-bond donors (Lipinski definition) is 1. The summed E-state index contributed by atoms with van der Waals surface area (Å²) in [6.07, 6.45) is -4.02. The molecular weight excluding hydrogens is 532 g/mol. The monoisotopic (exact) mass is 550 g/mol. The highest BCUT2D eigenvalue weighted by Crippen LogP contribution is 2.33. The number of ether oxygens (including phenoxy) is 2. The van der Waals surface area contributed by atoms with E-state index < -0.39 is 46.4 Å². The van der Waals surface area contributed by atoms with E-state index in [2.05, 4.69) is 21.2 Å². The second kappa shape index (κ2) is 8.82. The maximum atomic E-state index is 14.7. The van der Waals surface area contributed by atoms with Gasteiger partial charge in [0.25, 0.3) is 5.56 Å². The zero-order chi connectivity index (χ0) is 24.8. The number of rotatable bonds is 2. The minimum absolute atomic E-state index is 0.0175. The second-order valence-corrected chi connectivity index (χ2v) is 8.71. The molecule has 4 rings (SSSR count). The standard InChI is InChI=1S/C20H19BrF4N4O5/c1-27-15(20(23,24)25)10-16(30)29(18(27)32)14-9-13(11(21)8-12(14)22)26-17(31)28-4-2-19(3-5-28)33-6-7-34-19/h8-10H,2-7H2,1H3,(H,26,31).